The average Bonchev–Trinajstić information content (AvgIpc) is 2.69. The number of hydrogen-bond acceptors (Lipinski definition) is 1. The number of hydrogen-bond donors (Lipinski definition) is 1. The summed E-state index contributed by atoms with van der Waals surface area (Å²) in [7, 11) is 0. The fourth-order valence-corrected chi connectivity index (χ4v) is 7.76. The molecule has 0 heterocycles. The number of nitrogens with one attached hydrogen (secondary N) is 1. The van der Waals surface area contributed by atoms with Crippen molar-refractivity contribution >= 4 is 11.6 Å². The molecule has 1 N–H and O–H groups in total. The maximum absolute atomic E-state index is 14.1. The summed E-state index contributed by atoms with van der Waals surface area (Å²) in [5.74, 6) is 1.59. The second-order valence-electron chi connectivity index (χ2n) is 10.7. The van der Waals surface area contributed by atoms with Crippen LogP contribution in [-0.4, -0.2) is 12.1 Å². The van der Waals surface area contributed by atoms with E-state index < -0.39 is 0 Å². The van der Waals surface area contributed by atoms with E-state index in [-0.39, 0.29) is 11.9 Å². The van der Waals surface area contributed by atoms with E-state index in [1.165, 1.54) is 44.1 Å². The van der Waals surface area contributed by atoms with Crippen LogP contribution in [0.5, 0.6) is 0 Å². The summed E-state index contributed by atoms with van der Waals surface area (Å²) in [6.45, 7) is 4.60. The van der Waals surface area contributed by atoms with E-state index in [0.717, 1.165) is 28.8 Å². The Morgan fingerprint density at radius 1 is 1.00 bits per heavy atom. The van der Waals surface area contributed by atoms with Gasteiger partial charge in [0.15, 0.2) is 0 Å². The van der Waals surface area contributed by atoms with E-state index >= 15 is 0 Å². The summed E-state index contributed by atoms with van der Waals surface area (Å²) < 4.78 is 14.1. The molecule has 0 saturated heterocycles. The van der Waals surface area contributed by atoms with Gasteiger partial charge in [0.2, 0.25) is 0 Å². The van der Waals surface area contributed by atoms with Gasteiger partial charge in [0, 0.05) is 17.1 Å². The van der Waals surface area contributed by atoms with Crippen molar-refractivity contribution in [2.45, 2.75) is 76.3 Å². The van der Waals surface area contributed by atoms with E-state index in [9.17, 15) is 4.39 Å². The molecule has 1 nitrogen and oxygen atoms in total. The number of benzene rings is 2. The van der Waals surface area contributed by atoms with Crippen molar-refractivity contribution in [2.24, 2.45) is 17.3 Å². The third-order valence-electron chi connectivity index (χ3n) is 8.50. The van der Waals surface area contributed by atoms with Crippen LogP contribution >= 0.6 is 11.6 Å². The van der Waals surface area contributed by atoms with Crippen LogP contribution in [0.2, 0.25) is 5.02 Å². The van der Waals surface area contributed by atoms with Gasteiger partial charge in [-0.1, -0.05) is 41.9 Å². The molecule has 4 atom stereocenters. The molecule has 2 aromatic rings. The Labute approximate surface area is 185 Å². The first kappa shape index (κ1) is 20.5. The highest BCUT2D eigenvalue weighted by Crippen LogP contribution is 2.66. The second kappa shape index (κ2) is 7.64. The third kappa shape index (κ3) is 3.60. The Bertz CT molecular complexity index is 893. The smallest absolute Gasteiger partial charge is 0.126 e. The third-order valence-corrected chi connectivity index (χ3v) is 8.75. The standard InChI is InChI=1S/C27H33ClFN/c1-18(11-22-5-3-4-6-25(22)29)30-19(2)26-13-20-12-21(14-26)16-27(15-20,17-26)23-7-9-24(28)10-8-23/h3-10,18-21,30H,11-17H2,1-2H3/t18-,19+,20-,21-,26?,27?/m0/s1. The highest BCUT2D eigenvalue weighted by molar-refractivity contribution is 6.30. The van der Waals surface area contributed by atoms with E-state index in [1.54, 1.807) is 12.1 Å². The van der Waals surface area contributed by atoms with Crippen molar-refractivity contribution in [1.82, 2.24) is 5.32 Å². The van der Waals surface area contributed by atoms with Gasteiger partial charge in [0.25, 0.3) is 0 Å². The van der Waals surface area contributed by atoms with Gasteiger partial charge in [-0.2, -0.15) is 0 Å². The molecule has 6 rings (SSSR count). The van der Waals surface area contributed by atoms with Crippen molar-refractivity contribution in [2.75, 3.05) is 0 Å². The topological polar surface area (TPSA) is 12.0 Å². The zero-order valence-electron chi connectivity index (χ0n) is 18.1. The summed E-state index contributed by atoms with van der Waals surface area (Å²) in [5, 5.41) is 4.73. The largest absolute Gasteiger partial charge is 0.311 e. The Balaban J connectivity index is 1.36. The lowest BCUT2D eigenvalue weighted by molar-refractivity contribution is -0.0893. The molecule has 0 aliphatic heterocycles. The molecule has 4 saturated carbocycles. The van der Waals surface area contributed by atoms with Crippen molar-refractivity contribution in [3.8, 4) is 0 Å². The molecule has 0 spiro atoms. The zero-order chi connectivity index (χ0) is 20.9. The Kier molecular flexibility index (Phi) is 5.22. The molecule has 160 valence electrons. The number of halogens is 2. The van der Waals surface area contributed by atoms with E-state index in [2.05, 4.69) is 43.4 Å². The molecule has 0 amide bonds. The molecule has 2 aromatic carbocycles. The van der Waals surface area contributed by atoms with Gasteiger partial charge in [-0.25, -0.2) is 4.39 Å². The van der Waals surface area contributed by atoms with Crippen LogP contribution < -0.4 is 5.32 Å². The average molecular weight is 426 g/mol. The van der Waals surface area contributed by atoms with E-state index in [0.29, 0.717) is 16.9 Å². The molecule has 4 bridgehead atoms. The quantitative estimate of drug-likeness (QED) is 0.529. The Morgan fingerprint density at radius 3 is 2.33 bits per heavy atom. The first-order valence-electron chi connectivity index (χ1n) is 11.6. The van der Waals surface area contributed by atoms with Crippen LogP contribution in [0.1, 0.15) is 63.5 Å². The summed E-state index contributed by atoms with van der Waals surface area (Å²) >= 11 is 6.20. The van der Waals surface area contributed by atoms with E-state index in [1.807, 2.05) is 12.1 Å². The molecule has 0 radical (unpaired) electrons. The van der Waals surface area contributed by atoms with Gasteiger partial charge in [-0.3, -0.25) is 0 Å². The lowest BCUT2D eigenvalue weighted by Crippen LogP contribution is -2.60. The van der Waals surface area contributed by atoms with Gasteiger partial charge >= 0.3 is 0 Å². The predicted molar refractivity (Wildman–Crippen MR) is 122 cm³/mol. The van der Waals surface area contributed by atoms with Gasteiger partial charge in [-0.15, -0.1) is 0 Å². The highest BCUT2D eigenvalue weighted by Gasteiger charge is 2.59. The van der Waals surface area contributed by atoms with Crippen LogP contribution in [0.15, 0.2) is 48.5 Å². The SMILES string of the molecule is C[C@@H](Cc1ccccc1F)N[C@H](C)C12C[C@@H]3C[C@H](CC(c4ccc(Cl)cc4)(C3)C1)C2. The predicted octanol–water partition coefficient (Wildman–Crippen LogP) is 6.93. The zero-order valence-corrected chi connectivity index (χ0v) is 18.9. The van der Waals surface area contributed by atoms with E-state index in [4.69, 9.17) is 11.6 Å². The minimum atomic E-state index is -0.0877. The van der Waals surface area contributed by atoms with Crippen LogP contribution in [0, 0.1) is 23.1 Å². The fourth-order valence-electron chi connectivity index (χ4n) is 7.64. The maximum Gasteiger partial charge on any atom is 0.126 e. The normalized spacial score (nSPS) is 34.1. The van der Waals surface area contributed by atoms with Gasteiger partial charge in [0.1, 0.15) is 5.82 Å². The lowest BCUT2D eigenvalue weighted by atomic mass is 9.41. The molecule has 4 aliphatic rings. The van der Waals surface area contributed by atoms with Crippen LogP contribution in [-0.2, 0) is 11.8 Å². The minimum Gasteiger partial charge on any atom is -0.311 e. The molecule has 0 unspecified atom stereocenters. The highest BCUT2D eigenvalue weighted by atomic mass is 35.5. The summed E-state index contributed by atoms with van der Waals surface area (Å²) in [4.78, 5) is 0. The van der Waals surface area contributed by atoms with Gasteiger partial charge in [0.05, 0.1) is 0 Å². The Morgan fingerprint density at radius 2 is 1.67 bits per heavy atom. The summed E-state index contributed by atoms with van der Waals surface area (Å²) in [6, 6.07) is 16.6. The lowest BCUT2D eigenvalue weighted by Gasteiger charge is -2.64. The van der Waals surface area contributed by atoms with Crippen molar-refractivity contribution in [3.05, 3.63) is 70.5 Å². The van der Waals surface area contributed by atoms with Crippen LogP contribution in [0.4, 0.5) is 4.39 Å². The van der Waals surface area contributed by atoms with Crippen molar-refractivity contribution < 1.29 is 4.39 Å². The monoisotopic (exact) mass is 425 g/mol. The first-order valence-corrected chi connectivity index (χ1v) is 12.0. The molecular weight excluding hydrogens is 393 g/mol. The minimum absolute atomic E-state index is 0.0877. The van der Waals surface area contributed by atoms with Crippen LogP contribution in [0.25, 0.3) is 0 Å². The van der Waals surface area contributed by atoms with Gasteiger partial charge in [-0.05, 0) is 111 Å². The summed E-state index contributed by atoms with van der Waals surface area (Å²) in [5.41, 5.74) is 2.98. The molecule has 30 heavy (non-hydrogen) atoms. The molecule has 4 aliphatic carbocycles. The van der Waals surface area contributed by atoms with Crippen molar-refractivity contribution in [1.29, 1.82) is 0 Å². The second-order valence-corrected chi connectivity index (χ2v) is 11.1. The Hall–Kier alpha value is -1.38. The summed E-state index contributed by atoms with van der Waals surface area (Å²) in [6.07, 6.45) is 8.79. The van der Waals surface area contributed by atoms with Crippen molar-refractivity contribution in [3.63, 3.8) is 0 Å². The maximum atomic E-state index is 14.1. The molecule has 0 aromatic heterocycles. The fraction of sp³-hybridized carbons (Fsp3) is 0.556. The molecule has 4 fully saturated rings. The molecule has 3 heteroatoms. The number of rotatable bonds is 6. The molecular formula is C27H33ClFN. The van der Waals surface area contributed by atoms with Crippen LogP contribution in [0.3, 0.4) is 0 Å². The first-order chi connectivity index (χ1) is 14.4. The van der Waals surface area contributed by atoms with Gasteiger partial charge < -0.3 is 5.32 Å².